The minimum Gasteiger partial charge on any atom is -0.437 e. The van der Waals surface area contributed by atoms with Crippen LogP contribution in [0.25, 0.3) is 0 Å². The van der Waals surface area contributed by atoms with Crippen molar-refractivity contribution in [3.63, 3.8) is 0 Å². The minimum absolute atomic E-state index is 0.403. The van der Waals surface area contributed by atoms with Gasteiger partial charge in [0.1, 0.15) is 17.8 Å². The first-order valence-electron chi connectivity index (χ1n) is 8.34. The third kappa shape index (κ3) is 4.12. The van der Waals surface area contributed by atoms with E-state index in [0.29, 0.717) is 23.4 Å². The molecule has 1 fully saturated rings. The topological polar surface area (TPSA) is 73.1 Å². The number of nitrogen functional groups attached to an aromatic ring is 1. The molecule has 5 heteroatoms. The summed E-state index contributed by atoms with van der Waals surface area (Å²) in [6.45, 7) is 2.04. The molecule has 1 aromatic carbocycles. The van der Waals surface area contributed by atoms with Gasteiger partial charge in [-0.15, -0.1) is 0 Å². The van der Waals surface area contributed by atoms with E-state index in [0.717, 1.165) is 18.6 Å². The molecule has 1 aliphatic rings. The van der Waals surface area contributed by atoms with Crippen LogP contribution in [0.3, 0.4) is 0 Å². The number of nitrogens with one attached hydrogen (secondary N) is 1. The van der Waals surface area contributed by atoms with Crippen LogP contribution in [0.5, 0.6) is 11.6 Å². The Labute approximate surface area is 137 Å². The molecule has 122 valence electrons. The van der Waals surface area contributed by atoms with Crippen LogP contribution in [0.4, 0.5) is 11.5 Å². The van der Waals surface area contributed by atoms with E-state index in [4.69, 9.17) is 10.5 Å². The van der Waals surface area contributed by atoms with Gasteiger partial charge in [0.2, 0.25) is 5.88 Å². The molecule has 0 unspecified atom stereocenters. The summed E-state index contributed by atoms with van der Waals surface area (Å²) in [6, 6.07) is 8.25. The van der Waals surface area contributed by atoms with Gasteiger partial charge < -0.3 is 15.8 Å². The number of nitrogens with zero attached hydrogens (tertiary/aromatic N) is 2. The highest BCUT2D eigenvalue weighted by Crippen LogP contribution is 2.31. The van der Waals surface area contributed by atoms with Gasteiger partial charge in [0, 0.05) is 6.04 Å². The number of aromatic nitrogens is 2. The number of benzene rings is 1. The second kappa shape index (κ2) is 7.31. The number of hydrogen-bond acceptors (Lipinski definition) is 5. The molecule has 0 saturated heterocycles. The lowest BCUT2D eigenvalue weighted by Gasteiger charge is -2.18. The number of hydrogen-bond donors (Lipinski definition) is 2. The molecule has 1 saturated carbocycles. The van der Waals surface area contributed by atoms with Gasteiger partial charge in [0.15, 0.2) is 5.82 Å². The molecule has 1 aliphatic carbocycles. The fraction of sp³-hybridized carbons (Fsp3) is 0.444. The number of ether oxygens (including phenoxy) is 1. The Bertz CT molecular complexity index is 634. The number of aryl methyl sites for hydroxylation is 1. The summed E-state index contributed by atoms with van der Waals surface area (Å²) in [6.07, 6.45) is 8.98. The first kappa shape index (κ1) is 15.6. The third-order valence-corrected chi connectivity index (χ3v) is 4.28. The average molecular weight is 312 g/mol. The highest BCUT2D eigenvalue weighted by Gasteiger charge is 2.16. The maximum Gasteiger partial charge on any atom is 0.248 e. The van der Waals surface area contributed by atoms with E-state index in [2.05, 4.69) is 15.3 Å². The first-order chi connectivity index (χ1) is 11.2. The lowest BCUT2D eigenvalue weighted by Crippen LogP contribution is -2.20. The fourth-order valence-corrected chi connectivity index (χ4v) is 2.91. The van der Waals surface area contributed by atoms with E-state index in [1.165, 1.54) is 37.6 Å². The van der Waals surface area contributed by atoms with Crippen molar-refractivity contribution in [3.05, 3.63) is 36.2 Å². The van der Waals surface area contributed by atoms with Gasteiger partial charge in [-0.05, 0) is 31.9 Å². The Hall–Kier alpha value is -2.30. The molecule has 3 N–H and O–H groups in total. The zero-order chi connectivity index (χ0) is 16.1. The van der Waals surface area contributed by atoms with Gasteiger partial charge in [0.05, 0.1) is 0 Å². The van der Waals surface area contributed by atoms with Gasteiger partial charge in [-0.2, -0.15) is 4.98 Å². The monoisotopic (exact) mass is 312 g/mol. The standard InChI is InChI=1S/C18H24N4O/c1-13-8-10-15(11-9-13)23-18-16(19)17(20-12-21-18)22-14-6-4-2-3-5-7-14/h8-12,14H,2-7,19H2,1H3,(H,20,21,22). The van der Waals surface area contributed by atoms with Crippen LogP contribution in [-0.4, -0.2) is 16.0 Å². The van der Waals surface area contributed by atoms with Crippen LogP contribution in [0.2, 0.25) is 0 Å². The lowest BCUT2D eigenvalue weighted by molar-refractivity contribution is 0.464. The van der Waals surface area contributed by atoms with Crippen LogP contribution in [0.1, 0.15) is 44.1 Å². The summed E-state index contributed by atoms with van der Waals surface area (Å²) in [4.78, 5) is 8.46. The maximum atomic E-state index is 6.20. The van der Waals surface area contributed by atoms with Crippen molar-refractivity contribution < 1.29 is 4.74 Å². The summed E-state index contributed by atoms with van der Waals surface area (Å²) in [5.41, 5.74) is 7.86. The Morgan fingerprint density at radius 2 is 1.74 bits per heavy atom. The summed E-state index contributed by atoms with van der Waals surface area (Å²) in [5, 5.41) is 3.47. The second-order valence-corrected chi connectivity index (χ2v) is 6.19. The predicted octanol–water partition coefficient (Wildman–Crippen LogP) is 4.29. The molecule has 1 aromatic heterocycles. The molecule has 0 bridgehead atoms. The van der Waals surface area contributed by atoms with Crippen molar-refractivity contribution in [1.82, 2.24) is 9.97 Å². The summed E-state index contributed by atoms with van der Waals surface area (Å²) in [7, 11) is 0. The molecule has 1 heterocycles. The number of nitrogens with two attached hydrogens (primary N) is 1. The SMILES string of the molecule is Cc1ccc(Oc2ncnc(NC3CCCCCC3)c2N)cc1. The Kier molecular flexibility index (Phi) is 4.95. The molecular formula is C18H24N4O. The molecule has 0 radical (unpaired) electrons. The third-order valence-electron chi connectivity index (χ3n) is 4.28. The van der Waals surface area contributed by atoms with Crippen molar-refractivity contribution in [2.45, 2.75) is 51.5 Å². The van der Waals surface area contributed by atoms with Gasteiger partial charge in [-0.3, -0.25) is 0 Å². The molecule has 0 aliphatic heterocycles. The van der Waals surface area contributed by atoms with Crippen molar-refractivity contribution >= 4 is 11.5 Å². The van der Waals surface area contributed by atoms with Gasteiger partial charge >= 0.3 is 0 Å². The van der Waals surface area contributed by atoms with E-state index in [1.807, 2.05) is 31.2 Å². The summed E-state index contributed by atoms with van der Waals surface area (Å²) in [5.74, 6) is 1.80. The highest BCUT2D eigenvalue weighted by molar-refractivity contribution is 5.67. The smallest absolute Gasteiger partial charge is 0.248 e. The second-order valence-electron chi connectivity index (χ2n) is 6.19. The summed E-state index contributed by atoms with van der Waals surface area (Å²) >= 11 is 0. The largest absolute Gasteiger partial charge is 0.437 e. The van der Waals surface area contributed by atoms with Crippen LogP contribution < -0.4 is 15.8 Å². The average Bonchev–Trinajstić information content (AvgIpc) is 2.82. The number of anilines is 2. The van der Waals surface area contributed by atoms with E-state index < -0.39 is 0 Å². The lowest BCUT2D eigenvalue weighted by atomic mass is 10.1. The Morgan fingerprint density at radius 1 is 1.04 bits per heavy atom. The predicted molar refractivity (Wildman–Crippen MR) is 92.8 cm³/mol. The van der Waals surface area contributed by atoms with Crippen LogP contribution in [0, 0.1) is 6.92 Å². The minimum atomic E-state index is 0.403. The quantitative estimate of drug-likeness (QED) is 0.824. The molecule has 23 heavy (non-hydrogen) atoms. The molecule has 0 amide bonds. The van der Waals surface area contributed by atoms with E-state index in [9.17, 15) is 0 Å². The first-order valence-corrected chi connectivity index (χ1v) is 8.34. The van der Waals surface area contributed by atoms with Crippen molar-refractivity contribution in [3.8, 4) is 11.6 Å². The molecule has 5 nitrogen and oxygen atoms in total. The van der Waals surface area contributed by atoms with Crippen molar-refractivity contribution in [1.29, 1.82) is 0 Å². The van der Waals surface area contributed by atoms with Gasteiger partial charge in [0.25, 0.3) is 0 Å². The normalized spacial score (nSPS) is 15.9. The van der Waals surface area contributed by atoms with Crippen molar-refractivity contribution in [2.24, 2.45) is 0 Å². The van der Waals surface area contributed by atoms with E-state index in [-0.39, 0.29) is 0 Å². The maximum absolute atomic E-state index is 6.20. The van der Waals surface area contributed by atoms with E-state index in [1.54, 1.807) is 0 Å². The Balaban J connectivity index is 1.73. The summed E-state index contributed by atoms with van der Waals surface area (Å²) < 4.78 is 5.80. The van der Waals surface area contributed by atoms with Crippen LogP contribution in [-0.2, 0) is 0 Å². The molecule has 0 spiro atoms. The zero-order valence-corrected chi connectivity index (χ0v) is 13.6. The highest BCUT2D eigenvalue weighted by atomic mass is 16.5. The molecule has 2 aromatic rings. The van der Waals surface area contributed by atoms with Gasteiger partial charge in [-0.25, -0.2) is 4.98 Å². The Morgan fingerprint density at radius 3 is 2.43 bits per heavy atom. The molecule has 0 atom stereocenters. The van der Waals surface area contributed by atoms with Crippen LogP contribution in [0.15, 0.2) is 30.6 Å². The number of rotatable bonds is 4. The van der Waals surface area contributed by atoms with E-state index >= 15 is 0 Å². The van der Waals surface area contributed by atoms with Gasteiger partial charge in [-0.1, -0.05) is 43.4 Å². The molecule has 3 rings (SSSR count). The fourth-order valence-electron chi connectivity index (χ4n) is 2.91. The molecular weight excluding hydrogens is 288 g/mol. The van der Waals surface area contributed by atoms with Crippen molar-refractivity contribution in [2.75, 3.05) is 11.1 Å². The zero-order valence-electron chi connectivity index (χ0n) is 13.6. The van der Waals surface area contributed by atoms with Crippen LogP contribution >= 0.6 is 0 Å².